The van der Waals surface area contributed by atoms with E-state index in [0.29, 0.717) is 10.6 Å². The summed E-state index contributed by atoms with van der Waals surface area (Å²) in [5.41, 5.74) is 1.33. The predicted octanol–water partition coefficient (Wildman–Crippen LogP) is 2.46. The molecule has 2 amide bonds. The first-order valence-corrected chi connectivity index (χ1v) is 8.57. The molecule has 2 N–H and O–H groups in total. The summed E-state index contributed by atoms with van der Waals surface area (Å²) in [6.45, 7) is 1.99. The quantitative estimate of drug-likeness (QED) is 0.751. The molecule has 9 heteroatoms. The second kappa shape index (κ2) is 5.92. The SMILES string of the molecule is Cc1csc(NC(=O)C2CC(=O)N(c3n[nH]c4cccc(F)c34)C2)n1. The summed E-state index contributed by atoms with van der Waals surface area (Å²) in [5, 5.41) is 12.1. The molecule has 0 saturated carbocycles. The van der Waals surface area contributed by atoms with Crippen molar-refractivity contribution in [1.82, 2.24) is 15.2 Å². The van der Waals surface area contributed by atoms with Crippen LogP contribution in [-0.2, 0) is 9.59 Å². The zero-order valence-electron chi connectivity index (χ0n) is 13.2. The van der Waals surface area contributed by atoms with E-state index in [4.69, 9.17) is 0 Å². The number of aryl methyl sites for hydroxylation is 1. The third kappa shape index (κ3) is 2.76. The van der Waals surface area contributed by atoms with Gasteiger partial charge in [-0.3, -0.25) is 19.6 Å². The predicted molar refractivity (Wildman–Crippen MR) is 92.0 cm³/mol. The number of benzene rings is 1. The van der Waals surface area contributed by atoms with E-state index in [1.165, 1.54) is 22.3 Å². The van der Waals surface area contributed by atoms with Gasteiger partial charge in [-0.1, -0.05) is 6.07 Å². The van der Waals surface area contributed by atoms with Crippen molar-refractivity contribution >= 4 is 45.0 Å². The average Bonchev–Trinajstić information content (AvgIpc) is 3.26. The maximum atomic E-state index is 14.1. The maximum absolute atomic E-state index is 14.1. The highest BCUT2D eigenvalue weighted by Crippen LogP contribution is 2.31. The Morgan fingerprint density at radius 2 is 2.32 bits per heavy atom. The van der Waals surface area contributed by atoms with E-state index in [1.54, 1.807) is 12.1 Å². The Morgan fingerprint density at radius 1 is 1.48 bits per heavy atom. The molecule has 1 aliphatic rings. The highest BCUT2D eigenvalue weighted by Gasteiger charge is 2.37. The second-order valence-electron chi connectivity index (χ2n) is 5.90. The number of nitrogens with one attached hydrogen (secondary N) is 2. The minimum atomic E-state index is -0.532. The molecule has 1 aromatic carbocycles. The number of rotatable bonds is 3. The van der Waals surface area contributed by atoms with Gasteiger partial charge in [0.25, 0.3) is 0 Å². The molecule has 128 valence electrons. The first-order valence-electron chi connectivity index (χ1n) is 7.69. The van der Waals surface area contributed by atoms with Crippen LogP contribution in [0.3, 0.4) is 0 Å². The Kier molecular flexibility index (Phi) is 3.72. The summed E-state index contributed by atoms with van der Waals surface area (Å²) < 4.78 is 14.1. The number of halogens is 1. The molecule has 1 unspecified atom stereocenters. The number of hydrogen-bond donors (Lipinski definition) is 2. The lowest BCUT2D eigenvalue weighted by Gasteiger charge is -2.14. The van der Waals surface area contributed by atoms with Crippen LogP contribution in [0.15, 0.2) is 23.6 Å². The highest BCUT2D eigenvalue weighted by molar-refractivity contribution is 7.13. The summed E-state index contributed by atoms with van der Waals surface area (Å²) >= 11 is 1.33. The van der Waals surface area contributed by atoms with Crippen molar-refractivity contribution in [3.8, 4) is 0 Å². The number of carbonyl (C=O) groups excluding carboxylic acids is 2. The van der Waals surface area contributed by atoms with Crippen LogP contribution < -0.4 is 10.2 Å². The van der Waals surface area contributed by atoms with E-state index >= 15 is 0 Å². The molecule has 1 aliphatic heterocycles. The molecule has 0 radical (unpaired) electrons. The molecule has 3 aromatic rings. The monoisotopic (exact) mass is 359 g/mol. The average molecular weight is 359 g/mol. The molecule has 3 heterocycles. The van der Waals surface area contributed by atoms with Crippen LogP contribution in [0.2, 0.25) is 0 Å². The summed E-state index contributed by atoms with van der Waals surface area (Å²) in [7, 11) is 0. The van der Waals surface area contributed by atoms with Crippen molar-refractivity contribution in [3.63, 3.8) is 0 Å². The normalized spacial score (nSPS) is 17.4. The number of aromatic nitrogens is 3. The van der Waals surface area contributed by atoms with E-state index in [1.807, 2.05) is 12.3 Å². The summed E-state index contributed by atoms with van der Waals surface area (Å²) in [5.74, 6) is -1.30. The van der Waals surface area contributed by atoms with E-state index in [2.05, 4.69) is 20.5 Å². The molecule has 0 bridgehead atoms. The largest absolute Gasteiger partial charge is 0.302 e. The first-order chi connectivity index (χ1) is 12.0. The molecule has 1 atom stereocenters. The van der Waals surface area contributed by atoms with Gasteiger partial charge in [-0.15, -0.1) is 11.3 Å². The van der Waals surface area contributed by atoms with Crippen LogP contribution in [-0.4, -0.2) is 33.5 Å². The fourth-order valence-corrected chi connectivity index (χ4v) is 3.61. The minimum Gasteiger partial charge on any atom is -0.302 e. The van der Waals surface area contributed by atoms with Crippen LogP contribution in [0.5, 0.6) is 0 Å². The number of carbonyl (C=O) groups is 2. The van der Waals surface area contributed by atoms with Gasteiger partial charge in [0.15, 0.2) is 10.9 Å². The lowest BCUT2D eigenvalue weighted by molar-refractivity contribution is -0.122. The third-order valence-corrected chi connectivity index (χ3v) is 5.00. The number of thiazole rings is 1. The van der Waals surface area contributed by atoms with Crippen molar-refractivity contribution < 1.29 is 14.0 Å². The van der Waals surface area contributed by atoms with E-state index in [0.717, 1.165) is 5.69 Å². The number of H-pyrrole nitrogens is 1. The molecule has 0 spiro atoms. The van der Waals surface area contributed by atoms with Gasteiger partial charge in [0.2, 0.25) is 11.8 Å². The lowest BCUT2D eigenvalue weighted by Crippen LogP contribution is -2.28. The number of nitrogens with zero attached hydrogens (tertiary/aromatic N) is 3. The zero-order chi connectivity index (χ0) is 17.6. The smallest absolute Gasteiger partial charge is 0.231 e. The third-order valence-electron chi connectivity index (χ3n) is 4.12. The van der Waals surface area contributed by atoms with Gasteiger partial charge in [-0.05, 0) is 19.1 Å². The van der Waals surface area contributed by atoms with Gasteiger partial charge in [-0.25, -0.2) is 9.37 Å². The summed E-state index contributed by atoms with van der Waals surface area (Å²) in [6.07, 6.45) is 0.0546. The summed E-state index contributed by atoms with van der Waals surface area (Å²) in [6, 6.07) is 4.57. The van der Waals surface area contributed by atoms with Crippen molar-refractivity contribution in [2.75, 3.05) is 16.8 Å². The van der Waals surface area contributed by atoms with Gasteiger partial charge >= 0.3 is 0 Å². The molecule has 2 aromatic heterocycles. The van der Waals surface area contributed by atoms with Crippen LogP contribution >= 0.6 is 11.3 Å². The Bertz CT molecular complexity index is 982. The number of amides is 2. The topological polar surface area (TPSA) is 91.0 Å². The number of fused-ring (bicyclic) bond motifs is 1. The Hall–Kier alpha value is -2.81. The van der Waals surface area contributed by atoms with Crippen molar-refractivity contribution in [3.05, 3.63) is 35.1 Å². The first kappa shape index (κ1) is 15.7. The Morgan fingerprint density at radius 3 is 3.08 bits per heavy atom. The van der Waals surface area contributed by atoms with Crippen LogP contribution in [0.25, 0.3) is 10.9 Å². The molecule has 25 heavy (non-hydrogen) atoms. The van der Waals surface area contributed by atoms with Gasteiger partial charge in [-0.2, -0.15) is 5.10 Å². The van der Waals surface area contributed by atoms with E-state index in [9.17, 15) is 14.0 Å². The molecule has 0 aliphatic carbocycles. The van der Waals surface area contributed by atoms with Gasteiger partial charge < -0.3 is 5.32 Å². The molecule has 1 fully saturated rings. The van der Waals surface area contributed by atoms with Crippen LogP contribution in [0, 0.1) is 18.7 Å². The highest BCUT2D eigenvalue weighted by atomic mass is 32.1. The minimum absolute atomic E-state index is 0.0546. The van der Waals surface area contributed by atoms with E-state index in [-0.39, 0.29) is 36.0 Å². The summed E-state index contributed by atoms with van der Waals surface area (Å²) in [4.78, 5) is 30.3. The number of anilines is 2. The Balaban J connectivity index is 1.56. The zero-order valence-corrected chi connectivity index (χ0v) is 14.1. The molecule has 7 nitrogen and oxygen atoms in total. The van der Waals surface area contributed by atoms with Gasteiger partial charge in [0, 0.05) is 18.3 Å². The fraction of sp³-hybridized carbons (Fsp3) is 0.250. The second-order valence-corrected chi connectivity index (χ2v) is 6.76. The molecule has 1 saturated heterocycles. The van der Waals surface area contributed by atoms with Crippen molar-refractivity contribution in [2.45, 2.75) is 13.3 Å². The van der Waals surface area contributed by atoms with Crippen molar-refractivity contribution in [2.24, 2.45) is 5.92 Å². The van der Waals surface area contributed by atoms with E-state index < -0.39 is 11.7 Å². The van der Waals surface area contributed by atoms with Gasteiger partial charge in [0.05, 0.1) is 22.5 Å². The number of hydrogen-bond acceptors (Lipinski definition) is 5. The lowest BCUT2D eigenvalue weighted by atomic mass is 10.1. The fourth-order valence-electron chi connectivity index (χ4n) is 2.92. The molecular formula is C16H14FN5O2S. The molecular weight excluding hydrogens is 345 g/mol. The van der Waals surface area contributed by atoms with Crippen LogP contribution in [0.4, 0.5) is 15.3 Å². The maximum Gasteiger partial charge on any atom is 0.231 e. The van der Waals surface area contributed by atoms with Gasteiger partial charge in [0.1, 0.15) is 5.82 Å². The van der Waals surface area contributed by atoms with Crippen LogP contribution in [0.1, 0.15) is 12.1 Å². The Labute approximate surface area is 145 Å². The standard InChI is InChI=1S/C16H14FN5O2S/c1-8-7-25-16(18-8)19-15(24)9-5-12(23)22(6-9)14-13-10(17)3-2-4-11(13)20-21-14/h2-4,7,9H,5-6H2,1H3,(H,20,21)(H,18,19,24). The number of aromatic amines is 1. The van der Waals surface area contributed by atoms with Crippen molar-refractivity contribution in [1.29, 1.82) is 0 Å². The molecule has 4 rings (SSSR count).